The van der Waals surface area contributed by atoms with E-state index in [1.54, 1.807) is 0 Å². The highest BCUT2D eigenvalue weighted by molar-refractivity contribution is 5.88. The highest BCUT2D eigenvalue weighted by Gasteiger charge is 2.43. The fourth-order valence-corrected chi connectivity index (χ4v) is 2.69. The lowest BCUT2D eigenvalue weighted by atomic mass is 9.88. The van der Waals surface area contributed by atoms with Crippen LogP contribution in [0, 0.1) is 11.6 Å². The number of hydrogen-bond donors (Lipinski definition) is 1. The molecule has 0 bridgehead atoms. The van der Waals surface area contributed by atoms with Gasteiger partial charge in [0.15, 0.2) is 0 Å². The third kappa shape index (κ3) is 2.89. The van der Waals surface area contributed by atoms with Gasteiger partial charge in [-0.1, -0.05) is 6.07 Å². The maximum Gasteiger partial charge on any atom is 0.329 e. The number of aliphatic carboxylic acids is 1. The molecule has 1 heterocycles. The Morgan fingerprint density at radius 2 is 1.90 bits per heavy atom. The number of carboxylic acids is 1. The normalized spacial score (nSPS) is 22.1. The molecule has 1 aromatic rings. The zero-order valence-electron chi connectivity index (χ0n) is 11.7. The van der Waals surface area contributed by atoms with E-state index in [1.807, 2.05) is 0 Å². The van der Waals surface area contributed by atoms with Crippen molar-refractivity contribution >= 4 is 11.9 Å². The maximum absolute atomic E-state index is 13.6. The van der Waals surface area contributed by atoms with E-state index in [2.05, 4.69) is 0 Å². The molecule has 0 aromatic heterocycles. The van der Waals surface area contributed by atoms with Crippen molar-refractivity contribution in [2.24, 2.45) is 0 Å². The summed E-state index contributed by atoms with van der Waals surface area (Å²) in [6, 6.07) is 3.39. The molecule has 2 rings (SSSR count). The first-order chi connectivity index (χ1) is 9.86. The summed E-state index contributed by atoms with van der Waals surface area (Å²) >= 11 is 0. The molecule has 0 radical (unpaired) electrons. The minimum atomic E-state index is -1.31. The van der Waals surface area contributed by atoms with Crippen LogP contribution in [0.25, 0.3) is 0 Å². The summed E-state index contributed by atoms with van der Waals surface area (Å²) in [5.74, 6) is -3.25. The molecule has 1 N–H and O–H groups in total. The molecule has 1 aromatic carbocycles. The second-order valence-corrected chi connectivity index (χ2v) is 5.46. The van der Waals surface area contributed by atoms with E-state index in [0.29, 0.717) is 19.3 Å². The lowest BCUT2D eigenvalue weighted by molar-refractivity contribution is -0.160. The van der Waals surface area contributed by atoms with Gasteiger partial charge >= 0.3 is 5.97 Å². The van der Waals surface area contributed by atoms with E-state index >= 15 is 0 Å². The second kappa shape index (κ2) is 5.79. The number of rotatable bonds is 3. The number of carbonyl (C=O) groups excluding carboxylic acids is 1. The number of likely N-dealkylation sites (tertiary alicyclic amines) is 1. The van der Waals surface area contributed by atoms with Crippen molar-refractivity contribution in [1.29, 1.82) is 0 Å². The van der Waals surface area contributed by atoms with Crippen molar-refractivity contribution in [2.75, 3.05) is 6.54 Å². The first-order valence-corrected chi connectivity index (χ1v) is 6.83. The largest absolute Gasteiger partial charge is 0.480 e. The Hall–Kier alpha value is -1.98. The van der Waals surface area contributed by atoms with Gasteiger partial charge in [-0.25, -0.2) is 13.6 Å². The Kier molecular flexibility index (Phi) is 4.25. The molecule has 1 fully saturated rings. The Morgan fingerprint density at radius 1 is 1.29 bits per heavy atom. The summed E-state index contributed by atoms with van der Waals surface area (Å²) in [4.78, 5) is 25.0. The van der Waals surface area contributed by atoms with Gasteiger partial charge in [0.25, 0.3) is 0 Å². The van der Waals surface area contributed by atoms with E-state index < -0.39 is 35.5 Å². The number of amides is 1. The van der Waals surface area contributed by atoms with Gasteiger partial charge in [0, 0.05) is 12.1 Å². The first kappa shape index (κ1) is 15.4. The summed E-state index contributed by atoms with van der Waals surface area (Å²) in [5.41, 5.74) is -1.63. The molecule has 4 nitrogen and oxygen atoms in total. The van der Waals surface area contributed by atoms with E-state index in [0.717, 1.165) is 12.1 Å². The van der Waals surface area contributed by atoms with Crippen molar-refractivity contribution in [1.82, 2.24) is 4.90 Å². The molecule has 1 aliphatic heterocycles. The van der Waals surface area contributed by atoms with E-state index in [-0.39, 0.29) is 12.1 Å². The average Bonchev–Trinajstić information content (AvgIpc) is 2.43. The zero-order valence-corrected chi connectivity index (χ0v) is 11.7. The molecular formula is C15H17F2NO3. The van der Waals surface area contributed by atoms with Gasteiger partial charge in [0.1, 0.15) is 17.2 Å². The van der Waals surface area contributed by atoms with Crippen molar-refractivity contribution < 1.29 is 23.5 Å². The highest BCUT2D eigenvalue weighted by Crippen LogP contribution is 2.29. The molecule has 6 heteroatoms. The molecule has 1 aliphatic rings. The van der Waals surface area contributed by atoms with Crippen LogP contribution < -0.4 is 0 Å². The average molecular weight is 297 g/mol. The lowest BCUT2D eigenvalue weighted by Crippen LogP contribution is -2.57. The van der Waals surface area contributed by atoms with Crippen LogP contribution in [0.15, 0.2) is 18.2 Å². The molecule has 1 unspecified atom stereocenters. The maximum atomic E-state index is 13.6. The number of benzene rings is 1. The Balaban J connectivity index is 2.24. The smallest absolute Gasteiger partial charge is 0.329 e. The minimum Gasteiger partial charge on any atom is -0.480 e. The van der Waals surface area contributed by atoms with Crippen LogP contribution in [-0.4, -0.2) is 34.0 Å². The van der Waals surface area contributed by atoms with Crippen molar-refractivity contribution in [3.63, 3.8) is 0 Å². The van der Waals surface area contributed by atoms with E-state index in [4.69, 9.17) is 0 Å². The van der Waals surface area contributed by atoms with Crippen LogP contribution in [0.2, 0.25) is 0 Å². The van der Waals surface area contributed by atoms with Crippen molar-refractivity contribution in [3.8, 4) is 0 Å². The van der Waals surface area contributed by atoms with Crippen LogP contribution >= 0.6 is 0 Å². The fourth-order valence-electron chi connectivity index (χ4n) is 2.69. The number of carboxylic acid groups (broad SMARTS) is 1. The molecule has 0 spiro atoms. The van der Waals surface area contributed by atoms with Crippen LogP contribution in [0.5, 0.6) is 0 Å². The van der Waals surface area contributed by atoms with Crippen LogP contribution in [-0.2, 0) is 16.0 Å². The van der Waals surface area contributed by atoms with Crippen molar-refractivity contribution in [3.05, 3.63) is 35.4 Å². The highest BCUT2D eigenvalue weighted by atomic mass is 19.1. The van der Waals surface area contributed by atoms with Gasteiger partial charge in [0.05, 0.1) is 6.42 Å². The summed E-state index contributed by atoms with van der Waals surface area (Å²) in [6.07, 6.45) is 1.27. The van der Waals surface area contributed by atoms with E-state index in [1.165, 1.54) is 17.9 Å². The quantitative estimate of drug-likeness (QED) is 0.932. The topological polar surface area (TPSA) is 57.6 Å². The summed E-state index contributed by atoms with van der Waals surface area (Å²) in [5, 5.41) is 9.35. The van der Waals surface area contributed by atoms with Gasteiger partial charge in [-0.3, -0.25) is 4.79 Å². The van der Waals surface area contributed by atoms with Gasteiger partial charge in [-0.2, -0.15) is 0 Å². The number of nitrogens with zero attached hydrogens (tertiary/aromatic N) is 1. The van der Waals surface area contributed by atoms with Gasteiger partial charge in [-0.05, 0) is 38.3 Å². The molecule has 114 valence electrons. The summed E-state index contributed by atoms with van der Waals surface area (Å²) in [6.45, 7) is 1.77. The SMILES string of the molecule is CC1(C(=O)O)CCCCN1C(=O)Cc1c(F)cccc1F. The van der Waals surface area contributed by atoms with Gasteiger partial charge < -0.3 is 10.0 Å². The third-order valence-corrected chi connectivity index (χ3v) is 4.04. The Morgan fingerprint density at radius 3 is 2.48 bits per heavy atom. The first-order valence-electron chi connectivity index (χ1n) is 6.83. The van der Waals surface area contributed by atoms with Crippen molar-refractivity contribution in [2.45, 2.75) is 38.1 Å². The number of piperidine rings is 1. The van der Waals surface area contributed by atoms with Crippen LogP contribution in [0.3, 0.4) is 0 Å². The molecule has 0 aliphatic carbocycles. The van der Waals surface area contributed by atoms with Crippen LogP contribution in [0.4, 0.5) is 8.78 Å². The molecule has 1 amide bonds. The number of hydrogen-bond acceptors (Lipinski definition) is 2. The molecular weight excluding hydrogens is 280 g/mol. The monoisotopic (exact) mass is 297 g/mol. The molecule has 21 heavy (non-hydrogen) atoms. The minimum absolute atomic E-state index is 0.289. The fraction of sp³-hybridized carbons (Fsp3) is 0.467. The van der Waals surface area contributed by atoms with Crippen LogP contribution in [0.1, 0.15) is 31.7 Å². The van der Waals surface area contributed by atoms with E-state index in [9.17, 15) is 23.5 Å². The lowest BCUT2D eigenvalue weighted by Gasteiger charge is -2.41. The summed E-state index contributed by atoms with van der Waals surface area (Å²) in [7, 11) is 0. The van der Waals surface area contributed by atoms with Gasteiger partial charge in [0.2, 0.25) is 5.91 Å². The summed E-state index contributed by atoms with van der Waals surface area (Å²) < 4.78 is 27.2. The zero-order chi connectivity index (χ0) is 15.6. The standard InChI is InChI=1S/C15H17F2NO3/c1-15(14(20)21)7-2-3-8-18(15)13(19)9-10-11(16)5-4-6-12(10)17/h4-6H,2-3,7-9H2,1H3,(H,20,21). The predicted octanol–water partition coefficient (Wildman–Crippen LogP) is 2.36. The molecule has 1 atom stereocenters. The second-order valence-electron chi connectivity index (χ2n) is 5.46. The Bertz CT molecular complexity index is 556. The number of halogens is 2. The number of carbonyl (C=O) groups is 2. The Labute approximate surface area is 121 Å². The third-order valence-electron chi connectivity index (χ3n) is 4.04. The van der Waals surface area contributed by atoms with Gasteiger partial charge in [-0.15, -0.1) is 0 Å². The predicted molar refractivity (Wildman–Crippen MR) is 71.7 cm³/mol. The molecule has 0 saturated carbocycles. The molecule has 1 saturated heterocycles.